The highest BCUT2D eigenvalue weighted by molar-refractivity contribution is 6.04. The van der Waals surface area contributed by atoms with E-state index < -0.39 is 0 Å². The highest BCUT2D eigenvalue weighted by Crippen LogP contribution is 2.28. The Morgan fingerprint density at radius 3 is 2.54 bits per heavy atom. The fourth-order valence-electron chi connectivity index (χ4n) is 3.30. The lowest BCUT2D eigenvalue weighted by Gasteiger charge is -2.29. The number of H-pyrrole nitrogens is 1. The van der Waals surface area contributed by atoms with Gasteiger partial charge < -0.3 is 21.1 Å². The highest BCUT2D eigenvalue weighted by atomic mass is 16.3. The average Bonchev–Trinajstić information content (AvgIpc) is 2.68. The van der Waals surface area contributed by atoms with E-state index in [1.807, 2.05) is 0 Å². The average molecular weight is 376 g/mol. The molecule has 0 spiro atoms. The van der Waals surface area contributed by atoms with Gasteiger partial charge >= 0.3 is 0 Å². The number of hydrogen-bond acceptors (Lipinski definition) is 5. The lowest BCUT2D eigenvalue weighted by molar-refractivity contribution is 0.304. The van der Waals surface area contributed by atoms with E-state index in [9.17, 15) is 9.90 Å². The summed E-state index contributed by atoms with van der Waals surface area (Å²) in [7, 11) is 0. The van der Waals surface area contributed by atoms with Gasteiger partial charge in [0.05, 0.1) is 28.3 Å². The van der Waals surface area contributed by atoms with Crippen LogP contribution in [-0.4, -0.2) is 34.2 Å². The molecule has 6 heteroatoms. The molecule has 1 unspecified atom stereocenters. The molecule has 1 aromatic heterocycles. The molecule has 1 heterocycles. The molecule has 6 nitrogen and oxygen atoms in total. The zero-order chi connectivity index (χ0) is 20.3. The Kier molecular flexibility index (Phi) is 5.52. The molecule has 0 saturated heterocycles. The van der Waals surface area contributed by atoms with Crippen LogP contribution in [0.1, 0.15) is 0 Å². The van der Waals surface area contributed by atoms with E-state index in [0.29, 0.717) is 46.3 Å². The van der Waals surface area contributed by atoms with Crippen molar-refractivity contribution in [3.63, 3.8) is 0 Å². The second kappa shape index (κ2) is 8.02. The van der Waals surface area contributed by atoms with Crippen LogP contribution in [0.25, 0.3) is 21.8 Å². The number of nitrogens with one attached hydrogen (secondary N) is 2. The molecule has 3 aromatic rings. The molecule has 0 aliphatic heterocycles. The minimum Gasteiger partial charge on any atom is -0.508 e. The molecule has 28 heavy (non-hydrogen) atoms. The number of phenolic OH excluding ortho intramolecular Hbond substituents is 1. The van der Waals surface area contributed by atoms with Gasteiger partial charge in [0.15, 0.2) is 5.43 Å². The van der Waals surface area contributed by atoms with Crippen LogP contribution in [0.15, 0.2) is 73.1 Å². The van der Waals surface area contributed by atoms with Crippen LogP contribution in [-0.2, 0) is 0 Å². The van der Waals surface area contributed by atoms with E-state index in [-0.39, 0.29) is 17.3 Å². The van der Waals surface area contributed by atoms with E-state index in [0.717, 1.165) is 0 Å². The Bertz CT molecular complexity index is 1110. The second-order valence-electron chi connectivity index (χ2n) is 6.49. The quantitative estimate of drug-likeness (QED) is 0.209. The molecule has 1 atom stereocenters. The fraction of sp³-hybridized carbons (Fsp3) is 0.136. The SMILES string of the molecule is C=CCN(CC=C)C(C=C)Nc1ccc(N)c2[nH]c3ccc(O)cc3c(=O)c12. The molecular formula is C22H24N4O2. The van der Waals surface area contributed by atoms with Gasteiger partial charge in [0.25, 0.3) is 0 Å². The molecule has 0 saturated carbocycles. The van der Waals surface area contributed by atoms with Crippen molar-refractivity contribution in [1.29, 1.82) is 0 Å². The van der Waals surface area contributed by atoms with E-state index in [2.05, 4.69) is 34.9 Å². The van der Waals surface area contributed by atoms with Crippen molar-refractivity contribution in [2.24, 2.45) is 0 Å². The predicted molar refractivity (Wildman–Crippen MR) is 118 cm³/mol. The van der Waals surface area contributed by atoms with Crippen molar-refractivity contribution in [3.8, 4) is 5.75 Å². The van der Waals surface area contributed by atoms with E-state index >= 15 is 0 Å². The second-order valence-corrected chi connectivity index (χ2v) is 6.49. The lowest BCUT2D eigenvalue weighted by Crippen LogP contribution is -2.39. The van der Waals surface area contributed by atoms with E-state index in [4.69, 9.17) is 5.73 Å². The predicted octanol–water partition coefficient (Wildman–Crippen LogP) is 3.57. The number of benzene rings is 2. The Balaban J connectivity index is 2.19. The zero-order valence-electron chi connectivity index (χ0n) is 15.6. The van der Waals surface area contributed by atoms with Crippen molar-refractivity contribution >= 4 is 33.2 Å². The minimum absolute atomic E-state index is 0.0304. The van der Waals surface area contributed by atoms with Gasteiger partial charge in [-0.2, -0.15) is 0 Å². The summed E-state index contributed by atoms with van der Waals surface area (Å²) in [6.45, 7) is 12.7. The van der Waals surface area contributed by atoms with Crippen LogP contribution < -0.4 is 16.5 Å². The molecular weight excluding hydrogens is 352 g/mol. The van der Waals surface area contributed by atoms with Crippen molar-refractivity contribution in [2.75, 3.05) is 24.1 Å². The summed E-state index contributed by atoms with van der Waals surface area (Å²) in [5, 5.41) is 14.0. The van der Waals surface area contributed by atoms with Crippen LogP contribution >= 0.6 is 0 Å². The number of anilines is 2. The number of rotatable bonds is 8. The summed E-state index contributed by atoms with van der Waals surface area (Å²) in [5.74, 6) is 0.0304. The molecule has 0 fully saturated rings. The smallest absolute Gasteiger partial charge is 0.199 e. The molecule has 0 bridgehead atoms. The monoisotopic (exact) mass is 376 g/mol. The Hall–Kier alpha value is -3.51. The largest absolute Gasteiger partial charge is 0.508 e. The van der Waals surface area contributed by atoms with Crippen molar-refractivity contribution in [1.82, 2.24) is 9.88 Å². The Morgan fingerprint density at radius 1 is 1.18 bits per heavy atom. The molecule has 0 aliphatic carbocycles. The normalized spacial score (nSPS) is 12.2. The van der Waals surface area contributed by atoms with Gasteiger partial charge in [0.1, 0.15) is 5.75 Å². The first-order valence-corrected chi connectivity index (χ1v) is 8.92. The van der Waals surface area contributed by atoms with Gasteiger partial charge in [0, 0.05) is 24.2 Å². The van der Waals surface area contributed by atoms with Crippen LogP contribution in [0.2, 0.25) is 0 Å². The van der Waals surface area contributed by atoms with Crippen LogP contribution in [0, 0.1) is 0 Å². The number of aromatic hydroxyl groups is 1. The van der Waals surface area contributed by atoms with Crippen molar-refractivity contribution in [3.05, 3.63) is 78.5 Å². The number of nitrogen functional groups attached to an aromatic ring is 1. The summed E-state index contributed by atoms with van der Waals surface area (Å²) >= 11 is 0. The Labute approximate surface area is 163 Å². The van der Waals surface area contributed by atoms with Crippen LogP contribution in [0.5, 0.6) is 5.75 Å². The Morgan fingerprint density at radius 2 is 1.89 bits per heavy atom. The summed E-state index contributed by atoms with van der Waals surface area (Å²) < 4.78 is 0. The third-order valence-electron chi connectivity index (χ3n) is 4.62. The van der Waals surface area contributed by atoms with Gasteiger partial charge in [-0.3, -0.25) is 9.69 Å². The molecule has 0 aliphatic rings. The van der Waals surface area contributed by atoms with Crippen LogP contribution in [0.4, 0.5) is 11.4 Å². The molecule has 2 aromatic carbocycles. The number of aromatic amines is 1. The number of fused-ring (bicyclic) bond motifs is 2. The number of hydrogen-bond donors (Lipinski definition) is 4. The van der Waals surface area contributed by atoms with E-state index in [1.165, 1.54) is 12.1 Å². The maximum atomic E-state index is 13.2. The molecule has 5 N–H and O–H groups in total. The summed E-state index contributed by atoms with van der Waals surface area (Å²) in [6.07, 6.45) is 5.11. The maximum Gasteiger partial charge on any atom is 0.199 e. The minimum atomic E-state index is -0.248. The first-order valence-electron chi connectivity index (χ1n) is 8.92. The molecule has 144 valence electrons. The fourth-order valence-corrected chi connectivity index (χ4v) is 3.30. The molecule has 3 rings (SSSR count). The summed E-state index contributed by atoms with van der Waals surface area (Å²) in [4.78, 5) is 18.5. The van der Waals surface area contributed by atoms with Crippen molar-refractivity contribution < 1.29 is 5.11 Å². The number of aromatic nitrogens is 1. The standard InChI is InChI=1S/C22H24N4O2/c1-4-11-26(12-5-2)19(6-3)24-18-10-8-16(23)21-20(18)22(28)15-13-14(27)7-9-17(15)25-21/h4-10,13,19,24,27H,1-3,11-12,23H2,(H,25,28). The number of nitrogens with zero attached hydrogens (tertiary/aromatic N) is 1. The first kappa shape index (κ1) is 19.3. The van der Waals surface area contributed by atoms with Crippen LogP contribution in [0.3, 0.4) is 0 Å². The molecule has 0 radical (unpaired) electrons. The topological polar surface area (TPSA) is 94.4 Å². The van der Waals surface area contributed by atoms with Gasteiger partial charge in [-0.05, 0) is 30.3 Å². The van der Waals surface area contributed by atoms with Gasteiger partial charge in [-0.15, -0.1) is 13.2 Å². The van der Waals surface area contributed by atoms with Crippen molar-refractivity contribution in [2.45, 2.75) is 6.17 Å². The van der Waals surface area contributed by atoms with Gasteiger partial charge in [-0.25, -0.2) is 0 Å². The lowest BCUT2D eigenvalue weighted by atomic mass is 10.1. The first-order chi connectivity index (χ1) is 13.5. The number of nitrogens with two attached hydrogens (primary N) is 1. The van der Waals surface area contributed by atoms with E-state index in [1.54, 1.807) is 36.4 Å². The zero-order valence-corrected chi connectivity index (χ0v) is 15.6. The summed E-state index contributed by atoms with van der Waals surface area (Å²) in [5.41, 5.74) is 8.17. The number of pyridine rings is 1. The third kappa shape index (κ3) is 3.50. The summed E-state index contributed by atoms with van der Waals surface area (Å²) in [6, 6.07) is 8.16. The van der Waals surface area contributed by atoms with Gasteiger partial charge in [-0.1, -0.05) is 24.8 Å². The maximum absolute atomic E-state index is 13.2. The third-order valence-corrected chi connectivity index (χ3v) is 4.62. The van der Waals surface area contributed by atoms with Gasteiger partial charge in [0.2, 0.25) is 0 Å². The molecule has 0 amide bonds. The number of phenols is 1. The highest BCUT2D eigenvalue weighted by Gasteiger charge is 2.17.